The number of aromatic nitrogens is 1. The van der Waals surface area contributed by atoms with Gasteiger partial charge >= 0.3 is 51.4 Å². The summed E-state index contributed by atoms with van der Waals surface area (Å²) in [5.74, 6) is -0.907. The van der Waals surface area contributed by atoms with Crippen LogP contribution in [0.3, 0.4) is 0 Å². The van der Waals surface area contributed by atoms with Crippen molar-refractivity contribution in [2.45, 2.75) is 18.9 Å². The van der Waals surface area contributed by atoms with Crippen LogP contribution in [0.25, 0.3) is 11.1 Å². The van der Waals surface area contributed by atoms with Gasteiger partial charge in [0, 0.05) is 31.1 Å². The number of hydrogen-bond acceptors (Lipinski definition) is 5. The fraction of sp³-hybridized carbons (Fsp3) is 0.240. The van der Waals surface area contributed by atoms with Gasteiger partial charge in [-0.25, -0.2) is 9.37 Å². The molecule has 2 heterocycles. The number of rotatable bonds is 6. The molecule has 10 heteroatoms. The molecule has 0 bridgehead atoms. The topological polar surface area (TPSA) is 68.7 Å². The second-order valence-corrected chi connectivity index (χ2v) is 8.55. The predicted molar refractivity (Wildman–Crippen MR) is 128 cm³/mol. The molecule has 0 aliphatic carbocycles. The molecule has 4 rings (SSSR count). The first-order valence-corrected chi connectivity index (χ1v) is 11.3. The molecule has 6 nitrogen and oxygen atoms in total. The largest absolute Gasteiger partial charge is 1.00 e. The van der Waals surface area contributed by atoms with Gasteiger partial charge in [0.25, 0.3) is 5.91 Å². The second kappa shape index (κ2) is 12.7. The molecule has 1 saturated heterocycles. The Bertz CT molecular complexity index is 1220. The summed E-state index contributed by atoms with van der Waals surface area (Å²) in [7, 11) is 1.47. The summed E-state index contributed by atoms with van der Waals surface area (Å²) in [6, 6.07) is 10.5. The Kier molecular flexibility index (Phi) is 10.3. The van der Waals surface area contributed by atoms with Crippen molar-refractivity contribution in [2.24, 2.45) is 0 Å². The second-order valence-electron chi connectivity index (χ2n) is 7.73. The normalized spacial score (nSPS) is 13.6. The number of halogens is 3. The quantitative estimate of drug-likeness (QED) is 0.355. The van der Waals surface area contributed by atoms with E-state index in [1.807, 2.05) is 6.29 Å². The summed E-state index contributed by atoms with van der Waals surface area (Å²) in [6.45, 7) is 1.10. The van der Waals surface area contributed by atoms with Gasteiger partial charge in [-0.3, -0.25) is 9.69 Å². The third-order valence-corrected chi connectivity index (χ3v) is 6.13. The zero-order valence-corrected chi connectivity index (χ0v) is 23.8. The first-order valence-electron chi connectivity index (χ1n) is 10.5. The van der Waals surface area contributed by atoms with E-state index >= 15 is 0 Å². The Morgan fingerprint density at radius 3 is 2.60 bits per heavy atom. The van der Waals surface area contributed by atoms with Crippen LogP contribution in [0.15, 0.2) is 48.7 Å². The van der Waals surface area contributed by atoms with Gasteiger partial charge in [0.1, 0.15) is 11.9 Å². The average Bonchev–Trinajstić information content (AvgIpc) is 2.84. The summed E-state index contributed by atoms with van der Waals surface area (Å²) in [5, 5.41) is 0.405. The Labute approximate surface area is 255 Å². The van der Waals surface area contributed by atoms with Crippen molar-refractivity contribution in [1.29, 1.82) is 0 Å². The predicted octanol–water partition coefficient (Wildman–Crippen LogP) is 2.49. The van der Waals surface area contributed by atoms with Gasteiger partial charge in [-0.15, -0.1) is 0 Å². The van der Waals surface area contributed by atoms with Crippen molar-refractivity contribution in [1.82, 2.24) is 4.98 Å². The van der Waals surface area contributed by atoms with E-state index in [1.54, 1.807) is 24.3 Å². The average molecular weight is 541 g/mol. The van der Waals surface area contributed by atoms with Gasteiger partial charge in [0.2, 0.25) is 0 Å². The van der Waals surface area contributed by atoms with Gasteiger partial charge in [0.15, 0.2) is 11.6 Å². The maximum atomic E-state index is 14.4. The van der Waals surface area contributed by atoms with Crippen molar-refractivity contribution in [3.05, 3.63) is 75.7 Å². The van der Waals surface area contributed by atoms with Crippen LogP contribution >= 0.6 is 23.2 Å². The third-order valence-electron chi connectivity index (χ3n) is 5.49. The summed E-state index contributed by atoms with van der Waals surface area (Å²) in [5.41, 5.74) is 1.21. The summed E-state index contributed by atoms with van der Waals surface area (Å²) >= 11 is 12.5. The van der Waals surface area contributed by atoms with Crippen LogP contribution in [0.2, 0.25) is 10.0 Å². The monoisotopic (exact) mass is 540 g/mol. The fourth-order valence-corrected chi connectivity index (χ4v) is 4.14. The molecule has 2 aromatic carbocycles. The molecule has 1 aliphatic heterocycles. The fourth-order valence-electron chi connectivity index (χ4n) is 3.67. The van der Waals surface area contributed by atoms with E-state index in [4.69, 9.17) is 32.7 Å². The van der Waals surface area contributed by atoms with E-state index in [9.17, 15) is 14.0 Å². The molecule has 176 valence electrons. The number of ether oxygens (including phenoxy) is 2. The molecular weight excluding hydrogens is 521 g/mol. The van der Waals surface area contributed by atoms with E-state index in [-0.39, 0.29) is 73.9 Å². The third kappa shape index (κ3) is 6.50. The van der Waals surface area contributed by atoms with Crippen molar-refractivity contribution < 1.29 is 74.8 Å². The number of amides is 1. The Hall–Kier alpha value is -1.36. The number of pyridine rings is 1. The smallest absolute Gasteiger partial charge is 0.486 e. The van der Waals surface area contributed by atoms with Gasteiger partial charge in [-0.2, -0.15) is 17.7 Å². The molecule has 1 amide bonds. The van der Waals surface area contributed by atoms with Crippen LogP contribution in [-0.2, 0) is 9.53 Å². The maximum absolute atomic E-state index is 14.4. The van der Waals surface area contributed by atoms with Crippen LogP contribution < -0.4 is 61.0 Å². The molecule has 3 aromatic rings. The number of hydrogen-bond donors (Lipinski definition) is 0. The molecule has 0 atom stereocenters. The number of anilines is 1. The number of carbonyl (C=O) groups excluding carboxylic acids is 2. The molecule has 0 spiro atoms. The van der Waals surface area contributed by atoms with Crippen LogP contribution in [0.5, 0.6) is 5.75 Å². The first kappa shape index (κ1) is 28.2. The van der Waals surface area contributed by atoms with E-state index < -0.39 is 11.7 Å². The summed E-state index contributed by atoms with van der Waals surface area (Å²) < 4.78 is 26.0. The van der Waals surface area contributed by atoms with Crippen molar-refractivity contribution in [3.8, 4) is 16.9 Å². The van der Waals surface area contributed by atoms with Gasteiger partial charge < -0.3 is 14.3 Å². The standard InChI is InChI=1S/C25H20Cl2FN2O4.K/c1-30(25(32)23-20(27)3-2-4-21(23)28)24-22(34-17-7-9-33-10-8-17)12-16(13-29-24)18-11-15(14-31)5-6-19(18)26;/h2-6,11-13,17H,7-10H2,1H3;/q-1;+1. The maximum Gasteiger partial charge on any atom is 1.00 e. The van der Waals surface area contributed by atoms with Crippen LogP contribution in [-0.4, -0.2) is 43.5 Å². The van der Waals surface area contributed by atoms with Crippen LogP contribution in [0.4, 0.5) is 10.2 Å². The van der Waals surface area contributed by atoms with Crippen molar-refractivity contribution in [2.75, 3.05) is 25.2 Å². The molecule has 1 aromatic heterocycles. The number of nitrogens with zero attached hydrogens (tertiary/aromatic N) is 2. The SMILES string of the molecule is CN(C(=O)c1c(F)cccc1Cl)c1ncc(-c2cc([C-]=O)ccc2Cl)cc1OC1CCOCC1.[K+]. The van der Waals surface area contributed by atoms with Crippen molar-refractivity contribution in [3.63, 3.8) is 0 Å². The zero-order valence-electron chi connectivity index (χ0n) is 19.2. The molecule has 0 unspecified atom stereocenters. The minimum Gasteiger partial charge on any atom is -0.486 e. The Balaban J connectivity index is 0.00000342. The summed E-state index contributed by atoms with van der Waals surface area (Å²) in [4.78, 5) is 29.9. The molecule has 0 N–H and O–H groups in total. The molecular formula is C25H20Cl2FKN2O4. The van der Waals surface area contributed by atoms with E-state index in [0.29, 0.717) is 53.5 Å². The molecule has 1 fully saturated rings. The number of carbonyl (C=O) groups is 1. The van der Waals surface area contributed by atoms with Crippen LogP contribution in [0.1, 0.15) is 28.8 Å². The van der Waals surface area contributed by atoms with Crippen molar-refractivity contribution >= 4 is 41.2 Å². The van der Waals surface area contributed by atoms with Gasteiger partial charge in [-0.05, 0) is 23.8 Å². The first-order chi connectivity index (χ1) is 16.4. The molecule has 0 radical (unpaired) electrons. The van der Waals surface area contributed by atoms with E-state index in [0.717, 1.165) is 0 Å². The van der Waals surface area contributed by atoms with Crippen LogP contribution in [0, 0.1) is 5.82 Å². The van der Waals surface area contributed by atoms with Gasteiger partial charge in [0.05, 0.1) is 30.1 Å². The Morgan fingerprint density at radius 1 is 1.17 bits per heavy atom. The van der Waals surface area contributed by atoms with Gasteiger partial charge in [-0.1, -0.05) is 40.9 Å². The molecule has 35 heavy (non-hydrogen) atoms. The molecule has 1 aliphatic rings. The van der Waals surface area contributed by atoms with E-state index in [2.05, 4.69) is 4.98 Å². The number of benzene rings is 2. The minimum absolute atomic E-state index is 0. The summed E-state index contributed by atoms with van der Waals surface area (Å²) in [6.07, 6.45) is 4.52. The minimum atomic E-state index is -0.735. The Morgan fingerprint density at radius 2 is 1.91 bits per heavy atom. The zero-order chi connectivity index (χ0) is 24.2. The van der Waals surface area contributed by atoms with E-state index in [1.165, 1.54) is 36.3 Å². The molecule has 0 saturated carbocycles.